The molecule has 0 fully saturated rings. The predicted octanol–water partition coefficient (Wildman–Crippen LogP) is 3.65. The van der Waals surface area contributed by atoms with Gasteiger partial charge in [0.25, 0.3) is 0 Å². The molecular weight excluding hydrogens is 240 g/mol. The molecule has 0 aromatic heterocycles. The Morgan fingerprint density at radius 1 is 1.16 bits per heavy atom. The molecule has 19 heavy (non-hydrogen) atoms. The zero-order valence-electron chi connectivity index (χ0n) is 12.7. The van der Waals surface area contributed by atoms with Crippen LogP contribution in [0.2, 0.25) is 0 Å². The van der Waals surface area contributed by atoms with E-state index >= 15 is 0 Å². The average Bonchev–Trinajstić information content (AvgIpc) is 2.19. The highest BCUT2D eigenvalue weighted by Crippen LogP contribution is 2.35. The van der Waals surface area contributed by atoms with Gasteiger partial charge >= 0.3 is 5.97 Å². The monoisotopic (exact) mass is 264 g/mol. The lowest BCUT2D eigenvalue weighted by molar-refractivity contribution is -0.146. The van der Waals surface area contributed by atoms with Crippen molar-refractivity contribution in [3.63, 3.8) is 0 Å². The van der Waals surface area contributed by atoms with Crippen molar-refractivity contribution < 1.29 is 15.0 Å². The summed E-state index contributed by atoms with van der Waals surface area (Å²) in [5.74, 6) is -0.529. The van der Waals surface area contributed by atoms with E-state index in [-0.39, 0.29) is 11.2 Å². The molecule has 0 spiro atoms. The summed E-state index contributed by atoms with van der Waals surface area (Å²) >= 11 is 0. The largest absolute Gasteiger partial charge is 0.508 e. The maximum atomic E-state index is 11.2. The second-order valence-electron chi connectivity index (χ2n) is 6.91. The number of carbonyl (C=O) groups is 1. The summed E-state index contributed by atoms with van der Waals surface area (Å²) in [6.07, 6.45) is 0.456. The molecule has 2 N–H and O–H groups in total. The summed E-state index contributed by atoms with van der Waals surface area (Å²) < 4.78 is 0. The standard InChI is InChI=1S/C16H24O3/c1-10-7-13(17)12(15(2,3)4)8-11(10)9-16(5,6)14(18)19/h7-8,17H,9H2,1-6H3,(H,18,19). The molecule has 0 aliphatic heterocycles. The third-order valence-electron chi connectivity index (χ3n) is 3.47. The average molecular weight is 264 g/mol. The first-order valence-corrected chi connectivity index (χ1v) is 6.51. The first-order chi connectivity index (χ1) is 8.45. The topological polar surface area (TPSA) is 57.5 Å². The third kappa shape index (κ3) is 3.49. The lowest BCUT2D eigenvalue weighted by Crippen LogP contribution is -2.26. The molecule has 0 amide bonds. The van der Waals surface area contributed by atoms with Crippen LogP contribution in [0, 0.1) is 12.3 Å². The van der Waals surface area contributed by atoms with E-state index in [9.17, 15) is 15.0 Å². The van der Waals surface area contributed by atoms with Crippen LogP contribution < -0.4 is 0 Å². The van der Waals surface area contributed by atoms with Crippen LogP contribution in [-0.4, -0.2) is 16.2 Å². The number of benzene rings is 1. The van der Waals surface area contributed by atoms with Crippen molar-refractivity contribution in [3.05, 3.63) is 28.8 Å². The minimum Gasteiger partial charge on any atom is -0.508 e. The van der Waals surface area contributed by atoms with E-state index in [1.807, 2.05) is 33.8 Å². The summed E-state index contributed by atoms with van der Waals surface area (Å²) in [5, 5.41) is 19.3. The molecule has 0 bridgehead atoms. The van der Waals surface area contributed by atoms with Gasteiger partial charge in [-0.25, -0.2) is 0 Å². The summed E-state index contributed by atoms with van der Waals surface area (Å²) in [6, 6.07) is 3.67. The molecule has 0 aliphatic rings. The van der Waals surface area contributed by atoms with Gasteiger partial charge in [-0.15, -0.1) is 0 Å². The molecule has 3 nitrogen and oxygen atoms in total. The van der Waals surface area contributed by atoms with E-state index < -0.39 is 11.4 Å². The highest BCUT2D eigenvalue weighted by molar-refractivity contribution is 5.74. The molecule has 106 valence electrons. The number of aromatic hydroxyl groups is 1. The van der Waals surface area contributed by atoms with Crippen LogP contribution in [0.5, 0.6) is 5.75 Å². The van der Waals surface area contributed by atoms with Crippen molar-refractivity contribution in [2.75, 3.05) is 0 Å². The summed E-state index contributed by atoms with van der Waals surface area (Å²) in [5.41, 5.74) is 1.79. The zero-order chi connectivity index (χ0) is 15.0. The molecule has 1 aromatic rings. The fraction of sp³-hybridized carbons (Fsp3) is 0.562. The number of phenolic OH excluding ortho intramolecular Hbond substituents is 1. The molecule has 1 aromatic carbocycles. The Kier molecular flexibility index (Phi) is 3.99. The molecular formula is C16H24O3. The first kappa shape index (κ1) is 15.5. The Bertz CT molecular complexity index is 493. The summed E-state index contributed by atoms with van der Waals surface area (Å²) in [6.45, 7) is 11.4. The molecule has 1 rings (SSSR count). The maximum absolute atomic E-state index is 11.2. The highest BCUT2D eigenvalue weighted by Gasteiger charge is 2.29. The number of carboxylic acid groups (broad SMARTS) is 1. The number of hydrogen-bond donors (Lipinski definition) is 2. The van der Waals surface area contributed by atoms with Gasteiger partial charge in [0.1, 0.15) is 5.75 Å². The molecule has 0 heterocycles. The smallest absolute Gasteiger partial charge is 0.309 e. The highest BCUT2D eigenvalue weighted by atomic mass is 16.4. The van der Waals surface area contributed by atoms with E-state index in [1.165, 1.54) is 0 Å². The lowest BCUT2D eigenvalue weighted by atomic mass is 9.80. The quantitative estimate of drug-likeness (QED) is 0.876. The van der Waals surface area contributed by atoms with E-state index in [1.54, 1.807) is 19.9 Å². The van der Waals surface area contributed by atoms with Crippen LogP contribution >= 0.6 is 0 Å². The third-order valence-corrected chi connectivity index (χ3v) is 3.47. The molecule has 0 saturated carbocycles. The van der Waals surface area contributed by atoms with Crippen molar-refractivity contribution in [1.29, 1.82) is 0 Å². The van der Waals surface area contributed by atoms with Gasteiger partial charge < -0.3 is 10.2 Å². The van der Waals surface area contributed by atoms with Crippen LogP contribution in [0.1, 0.15) is 51.3 Å². The minimum absolute atomic E-state index is 0.167. The van der Waals surface area contributed by atoms with Crippen molar-refractivity contribution in [3.8, 4) is 5.75 Å². The molecule has 0 saturated heterocycles. The zero-order valence-corrected chi connectivity index (χ0v) is 12.7. The van der Waals surface area contributed by atoms with Crippen molar-refractivity contribution in [2.24, 2.45) is 5.41 Å². The van der Waals surface area contributed by atoms with Crippen molar-refractivity contribution in [1.82, 2.24) is 0 Å². The van der Waals surface area contributed by atoms with Gasteiger partial charge in [-0.05, 0) is 55.4 Å². The fourth-order valence-corrected chi connectivity index (χ4v) is 2.08. The van der Waals surface area contributed by atoms with Gasteiger partial charge in [0, 0.05) is 0 Å². The number of rotatable bonds is 3. The van der Waals surface area contributed by atoms with E-state index in [0.29, 0.717) is 6.42 Å². The Hall–Kier alpha value is -1.51. The summed E-state index contributed by atoms with van der Waals surface area (Å²) in [4.78, 5) is 11.2. The van der Waals surface area contributed by atoms with Gasteiger partial charge in [-0.3, -0.25) is 4.79 Å². The Morgan fingerprint density at radius 3 is 2.11 bits per heavy atom. The number of phenols is 1. The van der Waals surface area contributed by atoms with E-state index in [4.69, 9.17) is 0 Å². The number of carboxylic acids is 1. The van der Waals surface area contributed by atoms with Gasteiger partial charge in [0.2, 0.25) is 0 Å². The van der Waals surface area contributed by atoms with Crippen LogP contribution in [0.25, 0.3) is 0 Å². The number of aryl methyl sites for hydroxylation is 1. The lowest BCUT2D eigenvalue weighted by Gasteiger charge is -2.25. The van der Waals surface area contributed by atoms with Crippen LogP contribution in [-0.2, 0) is 16.6 Å². The number of hydrogen-bond acceptors (Lipinski definition) is 2. The minimum atomic E-state index is -0.809. The molecule has 3 heteroatoms. The predicted molar refractivity (Wildman–Crippen MR) is 76.7 cm³/mol. The molecule has 0 unspecified atom stereocenters. The maximum Gasteiger partial charge on any atom is 0.309 e. The second-order valence-corrected chi connectivity index (χ2v) is 6.91. The number of aliphatic carboxylic acids is 1. The Morgan fingerprint density at radius 2 is 1.68 bits per heavy atom. The second kappa shape index (κ2) is 4.87. The van der Waals surface area contributed by atoms with Gasteiger partial charge in [-0.1, -0.05) is 26.8 Å². The van der Waals surface area contributed by atoms with Crippen molar-refractivity contribution >= 4 is 5.97 Å². The Labute approximate surface area is 115 Å². The normalized spacial score (nSPS) is 12.5. The van der Waals surface area contributed by atoms with Crippen LogP contribution in [0.15, 0.2) is 12.1 Å². The Balaban J connectivity index is 3.27. The molecule has 0 radical (unpaired) electrons. The van der Waals surface area contributed by atoms with Gasteiger partial charge in [-0.2, -0.15) is 0 Å². The summed E-state index contributed by atoms with van der Waals surface area (Å²) in [7, 11) is 0. The van der Waals surface area contributed by atoms with E-state index in [2.05, 4.69) is 0 Å². The fourth-order valence-electron chi connectivity index (χ4n) is 2.08. The molecule has 0 atom stereocenters. The van der Waals surface area contributed by atoms with Gasteiger partial charge in [0.05, 0.1) is 5.41 Å². The van der Waals surface area contributed by atoms with Crippen LogP contribution in [0.3, 0.4) is 0 Å². The van der Waals surface area contributed by atoms with Gasteiger partial charge in [0.15, 0.2) is 0 Å². The van der Waals surface area contributed by atoms with Crippen LogP contribution in [0.4, 0.5) is 0 Å². The van der Waals surface area contributed by atoms with Crippen molar-refractivity contribution in [2.45, 2.75) is 53.4 Å². The first-order valence-electron chi connectivity index (χ1n) is 6.51. The SMILES string of the molecule is Cc1cc(O)c(C(C)(C)C)cc1CC(C)(C)C(=O)O. The van der Waals surface area contributed by atoms with E-state index in [0.717, 1.165) is 16.7 Å². The molecule has 0 aliphatic carbocycles.